The molecule has 7 heteroatoms. The van der Waals surface area contributed by atoms with Crippen molar-refractivity contribution in [2.24, 2.45) is 7.05 Å². The van der Waals surface area contributed by atoms with Crippen LogP contribution in [0.25, 0.3) is 22.2 Å². The van der Waals surface area contributed by atoms with E-state index >= 15 is 0 Å². The predicted octanol–water partition coefficient (Wildman–Crippen LogP) is 4.34. The fourth-order valence-electron chi connectivity index (χ4n) is 4.57. The summed E-state index contributed by atoms with van der Waals surface area (Å²) in [5.41, 5.74) is 5.52. The molecule has 174 valence electrons. The molecule has 1 aliphatic heterocycles. The minimum Gasteiger partial charge on any atom is -0.457 e. The van der Waals surface area contributed by atoms with E-state index in [2.05, 4.69) is 40.3 Å². The predicted molar refractivity (Wildman–Crippen MR) is 133 cm³/mol. The second kappa shape index (κ2) is 8.91. The number of likely N-dealkylation sites (tertiary alicyclic amines) is 1. The van der Waals surface area contributed by atoms with E-state index in [9.17, 15) is 4.79 Å². The van der Waals surface area contributed by atoms with Gasteiger partial charge in [0.1, 0.15) is 11.5 Å². The number of pyridine rings is 1. The zero-order valence-electron chi connectivity index (χ0n) is 20.0. The van der Waals surface area contributed by atoms with E-state index in [0.29, 0.717) is 5.75 Å². The molecule has 1 aliphatic rings. The number of hydrogen-bond donors (Lipinski definition) is 1. The largest absolute Gasteiger partial charge is 0.457 e. The van der Waals surface area contributed by atoms with Crippen LogP contribution in [0.1, 0.15) is 28.5 Å². The third kappa shape index (κ3) is 4.26. The summed E-state index contributed by atoms with van der Waals surface area (Å²) in [6.07, 6.45) is 2.51. The van der Waals surface area contributed by atoms with Crippen LogP contribution in [0.4, 0.5) is 0 Å². The third-order valence-corrected chi connectivity index (χ3v) is 6.40. The van der Waals surface area contributed by atoms with E-state index in [1.54, 1.807) is 6.20 Å². The number of aryl methyl sites for hydroxylation is 3. The zero-order chi connectivity index (χ0) is 23.8. The first-order chi connectivity index (χ1) is 16.4. The molecule has 1 saturated heterocycles. The monoisotopic (exact) mass is 455 g/mol. The molecule has 0 radical (unpaired) electrons. The number of carbonyl (C=O) groups excluding carboxylic acids is 1. The lowest BCUT2D eigenvalue weighted by atomic mass is 9.98. The van der Waals surface area contributed by atoms with Gasteiger partial charge >= 0.3 is 0 Å². The molecule has 34 heavy (non-hydrogen) atoms. The van der Waals surface area contributed by atoms with Crippen LogP contribution in [0.3, 0.4) is 0 Å². The van der Waals surface area contributed by atoms with E-state index in [1.165, 1.54) is 0 Å². The van der Waals surface area contributed by atoms with Gasteiger partial charge < -0.3 is 15.0 Å². The first-order valence-electron chi connectivity index (χ1n) is 11.6. The van der Waals surface area contributed by atoms with Crippen molar-refractivity contribution in [3.05, 3.63) is 71.5 Å². The highest BCUT2D eigenvalue weighted by atomic mass is 16.5. The molecular weight excluding hydrogens is 426 g/mol. The Hall–Kier alpha value is -3.71. The minimum absolute atomic E-state index is 0.00710. The number of nitrogens with zero attached hydrogens (tertiary/aromatic N) is 4. The van der Waals surface area contributed by atoms with Crippen LogP contribution in [0.5, 0.6) is 11.5 Å². The van der Waals surface area contributed by atoms with Crippen molar-refractivity contribution in [3.63, 3.8) is 0 Å². The standard InChI is InChI=1S/C27H29N5O2/c1-5-18-12-19(6-8-24(18)27(33)29-20-15-31(3)16-20)25-13-22(10-11-28-25)34-21-7-9-23-17(2)30-32(4)26(23)14-21/h6-14,20H,5,15-16H2,1-4H3,(H,29,33). The number of amides is 1. The van der Waals surface area contributed by atoms with E-state index in [4.69, 9.17) is 4.74 Å². The fraction of sp³-hybridized carbons (Fsp3) is 0.296. The van der Waals surface area contributed by atoms with Gasteiger partial charge in [-0.05, 0) is 56.3 Å². The second-order valence-corrected chi connectivity index (χ2v) is 8.98. The van der Waals surface area contributed by atoms with Crippen LogP contribution in [-0.2, 0) is 13.5 Å². The first kappa shape index (κ1) is 22.1. The molecule has 2 aromatic carbocycles. The maximum absolute atomic E-state index is 12.8. The van der Waals surface area contributed by atoms with Gasteiger partial charge in [0.05, 0.1) is 22.9 Å². The smallest absolute Gasteiger partial charge is 0.251 e. The molecule has 0 spiro atoms. The number of carbonyl (C=O) groups is 1. The third-order valence-electron chi connectivity index (χ3n) is 6.40. The fourth-order valence-corrected chi connectivity index (χ4v) is 4.57. The molecule has 0 aliphatic carbocycles. The van der Waals surface area contributed by atoms with Crippen molar-refractivity contribution in [2.45, 2.75) is 26.3 Å². The maximum Gasteiger partial charge on any atom is 0.251 e. The van der Waals surface area contributed by atoms with Gasteiger partial charge in [-0.1, -0.05) is 13.0 Å². The van der Waals surface area contributed by atoms with E-state index < -0.39 is 0 Å². The number of nitrogens with one attached hydrogen (secondary N) is 1. The highest BCUT2D eigenvalue weighted by Crippen LogP contribution is 2.30. The zero-order valence-corrected chi connectivity index (χ0v) is 20.0. The maximum atomic E-state index is 12.8. The molecular formula is C27H29N5O2. The number of rotatable bonds is 6. The lowest BCUT2D eigenvalue weighted by Crippen LogP contribution is -2.57. The SMILES string of the molecule is CCc1cc(-c2cc(Oc3ccc4c(C)nn(C)c4c3)ccn2)ccc1C(=O)NC1CN(C)C1. The summed E-state index contributed by atoms with van der Waals surface area (Å²) in [6, 6.07) is 15.9. The van der Waals surface area contributed by atoms with Crippen LogP contribution < -0.4 is 10.1 Å². The molecule has 0 unspecified atom stereocenters. The summed E-state index contributed by atoms with van der Waals surface area (Å²) in [6.45, 7) is 5.87. The van der Waals surface area contributed by atoms with Crippen molar-refractivity contribution in [1.82, 2.24) is 25.0 Å². The normalized spacial score (nSPS) is 14.2. The van der Waals surface area contributed by atoms with E-state index in [1.807, 2.05) is 61.1 Å². The number of aromatic nitrogens is 3. The van der Waals surface area contributed by atoms with Crippen molar-refractivity contribution in [2.75, 3.05) is 20.1 Å². The van der Waals surface area contributed by atoms with E-state index in [0.717, 1.165) is 64.2 Å². The van der Waals surface area contributed by atoms with Gasteiger partial charge in [0.15, 0.2) is 0 Å². The van der Waals surface area contributed by atoms with Crippen molar-refractivity contribution in [1.29, 1.82) is 0 Å². The molecule has 0 atom stereocenters. The number of hydrogen-bond acceptors (Lipinski definition) is 5. The molecule has 5 rings (SSSR count). The summed E-state index contributed by atoms with van der Waals surface area (Å²) in [4.78, 5) is 19.5. The first-order valence-corrected chi connectivity index (χ1v) is 11.6. The molecule has 7 nitrogen and oxygen atoms in total. The molecule has 1 fully saturated rings. The van der Waals surface area contributed by atoms with Crippen LogP contribution in [0.2, 0.25) is 0 Å². The molecule has 4 aromatic rings. The quantitative estimate of drug-likeness (QED) is 0.468. The van der Waals surface area contributed by atoms with Crippen LogP contribution in [0.15, 0.2) is 54.7 Å². The van der Waals surface area contributed by atoms with Crippen LogP contribution in [0, 0.1) is 6.92 Å². The van der Waals surface area contributed by atoms with Gasteiger partial charge in [0.25, 0.3) is 5.91 Å². The summed E-state index contributed by atoms with van der Waals surface area (Å²) >= 11 is 0. The Labute approximate surface area is 199 Å². The van der Waals surface area contributed by atoms with Gasteiger partial charge in [-0.3, -0.25) is 14.5 Å². The van der Waals surface area contributed by atoms with Crippen LogP contribution >= 0.6 is 0 Å². The summed E-state index contributed by atoms with van der Waals surface area (Å²) in [5.74, 6) is 1.44. The number of fused-ring (bicyclic) bond motifs is 1. The molecule has 0 bridgehead atoms. The second-order valence-electron chi connectivity index (χ2n) is 8.98. The Kier molecular flexibility index (Phi) is 5.79. The topological polar surface area (TPSA) is 72.3 Å². The number of benzene rings is 2. The highest BCUT2D eigenvalue weighted by Gasteiger charge is 2.25. The lowest BCUT2D eigenvalue weighted by Gasteiger charge is -2.36. The van der Waals surface area contributed by atoms with Crippen molar-refractivity contribution >= 4 is 16.8 Å². The van der Waals surface area contributed by atoms with Gasteiger partial charge in [0, 0.05) is 55.0 Å². The molecule has 3 heterocycles. The molecule has 1 amide bonds. The Morgan fingerprint density at radius 2 is 1.88 bits per heavy atom. The lowest BCUT2D eigenvalue weighted by molar-refractivity contribution is 0.0857. The molecule has 1 N–H and O–H groups in total. The molecule has 2 aromatic heterocycles. The van der Waals surface area contributed by atoms with Gasteiger partial charge in [0.2, 0.25) is 0 Å². The molecule has 0 saturated carbocycles. The van der Waals surface area contributed by atoms with Gasteiger partial charge in [-0.25, -0.2) is 0 Å². The minimum atomic E-state index is -0.00710. The Morgan fingerprint density at radius 3 is 2.65 bits per heavy atom. The van der Waals surface area contributed by atoms with Crippen molar-refractivity contribution in [3.8, 4) is 22.8 Å². The highest BCUT2D eigenvalue weighted by molar-refractivity contribution is 5.96. The Bertz CT molecular complexity index is 1370. The van der Waals surface area contributed by atoms with Crippen LogP contribution in [-0.4, -0.2) is 51.8 Å². The van der Waals surface area contributed by atoms with Gasteiger partial charge in [-0.15, -0.1) is 0 Å². The summed E-state index contributed by atoms with van der Waals surface area (Å²) in [5, 5.41) is 8.72. The Balaban J connectivity index is 1.37. The van der Waals surface area contributed by atoms with Crippen molar-refractivity contribution < 1.29 is 9.53 Å². The Morgan fingerprint density at radius 1 is 1.09 bits per heavy atom. The summed E-state index contributed by atoms with van der Waals surface area (Å²) in [7, 11) is 3.99. The average Bonchev–Trinajstić information content (AvgIpc) is 3.10. The number of likely N-dealkylation sites (N-methyl/N-ethyl adjacent to an activating group) is 1. The van der Waals surface area contributed by atoms with E-state index in [-0.39, 0.29) is 11.9 Å². The average molecular weight is 456 g/mol. The summed E-state index contributed by atoms with van der Waals surface area (Å²) < 4.78 is 8.02. The number of ether oxygens (including phenoxy) is 1. The van der Waals surface area contributed by atoms with Gasteiger partial charge in [-0.2, -0.15) is 5.10 Å².